The molecule has 3 rings (SSSR count). The second kappa shape index (κ2) is 6.93. The number of nitrogens with zero attached hydrogens (tertiary/aromatic N) is 1. The van der Waals surface area contributed by atoms with Crippen LogP contribution in [0.15, 0.2) is 52.4 Å². The normalized spacial score (nSPS) is 15.5. The minimum atomic E-state index is -0.228. The average Bonchev–Trinajstić information content (AvgIpc) is 2.96. The topological polar surface area (TPSA) is 47.9 Å². The largest absolute Gasteiger partial charge is 0.497 e. The number of aryl methyl sites for hydroxylation is 1. The van der Waals surface area contributed by atoms with Crippen molar-refractivity contribution in [2.24, 2.45) is 4.99 Å². The van der Waals surface area contributed by atoms with Crippen LogP contribution in [0, 0.1) is 6.92 Å². The fourth-order valence-electron chi connectivity index (χ4n) is 2.31. The molecule has 1 aliphatic rings. The number of hydrogen-bond acceptors (Lipinski definition) is 4. The Balaban J connectivity index is 1.88. The molecule has 2 aromatic carbocycles. The molecule has 0 saturated heterocycles. The lowest BCUT2D eigenvalue weighted by molar-refractivity contribution is -0.113. The minimum absolute atomic E-state index is 0.228. The molecule has 0 unspecified atom stereocenters. The lowest BCUT2D eigenvalue weighted by Gasteiger charge is -2.07. The first-order valence-electron chi connectivity index (χ1n) is 7.42. The van der Waals surface area contributed by atoms with E-state index in [0.29, 0.717) is 16.4 Å². The van der Waals surface area contributed by atoms with Gasteiger partial charge >= 0.3 is 0 Å². The Morgan fingerprint density at radius 1 is 1.04 bits per heavy atom. The zero-order valence-corrected chi connectivity index (χ0v) is 14.5. The van der Waals surface area contributed by atoms with Gasteiger partial charge in [-0.2, -0.15) is 0 Å². The number of carbonyl (C=O) groups is 1. The maximum Gasteiger partial charge on any atom is 0.284 e. The van der Waals surface area contributed by atoms with Crippen LogP contribution in [0.25, 0.3) is 6.08 Å². The van der Waals surface area contributed by atoms with Gasteiger partial charge in [0.05, 0.1) is 19.1 Å². The van der Waals surface area contributed by atoms with Crippen molar-refractivity contribution in [1.82, 2.24) is 0 Å². The first-order valence-corrected chi connectivity index (χ1v) is 8.24. The van der Waals surface area contributed by atoms with Crippen molar-refractivity contribution < 1.29 is 14.3 Å². The highest BCUT2D eigenvalue weighted by Crippen LogP contribution is 2.34. The molecule has 5 heteroatoms. The quantitative estimate of drug-likeness (QED) is 0.788. The zero-order chi connectivity index (χ0) is 17.1. The van der Waals surface area contributed by atoms with Crippen LogP contribution in [0.4, 0.5) is 0 Å². The number of carbonyl (C=O) groups excluding carboxylic acids is 1. The summed E-state index contributed by atoms with van der Waals surface area (Å²) in [5.41, 5.74) is 2.94. The Hall–Kier alpha value is -2.53. The summed E-state index contributed by atoms with van der Waals surface area (Å²) in [5.74, 6) is 1.13. The van der Waals surface area contributed by atoms with Crippen molar-refractivity contribution in [2.45, 2.75) is 6.92 Å². The predicted molar refractivity (Wildman–Crippen MR) is 97.8 cm³/mol. The lowest BCUT2D eigenvalue weighted by atomic mass is 10.1. The summed E-state index contributed by atoms with van der Waals surface area (Å²) in [5, 5.41) is 0.721. The fraction of sp³-hybridized carbons (Fsp3) is 0.158. The first kappa shape index (κ1) is 16.3. The molecule has 1 amide bonds. The molecule has 1 aliphatic heterocycles. The highest BCUT2D eigenvalue weighted by molar-refractivity contribution is 8.19. The van der Waals surface area contributed by atoms with Crippen LogP contribution in [-0.4, -0.2) is 25.2 Å². The molecule has 0 bridgehead atoms. The van der Waals surface area contributed by atoms with Gasteiger partial charge in [0, 0.05) is 17.2 Å². The molecule has 0 aliphatic carbocycles. The van der Waals surface area contributed by atoms with Gasteiger partial charge in [-0.1, -0.05) is 41.6 Å². The van der Waals surface area contributed by atoms with Crippen LogP contribution in [-0.2, 0) is 4.79 Å². The Labute approximate surface area is 145 Å². The molecule has 0 atom stereocenters. The number of ether oxygens (including phenoxy) is 2. The van der Waals surface area contributed by atoms with Gasteiger partial charge in [0.1, 0.15) is 16.5 Å². The first-order chi connectivity index (χ1) is 11.6. The lowest BCUT2D eigenvalue weighted by Crippen LogP contribution is -1.92. The van der Waals surface area contributed by atoms with Crippen LogP contribution in [0.1, 0.15) is 16.7 Å². The number of methoxy groups -OCH3 is 2. The second-order valence-electron chi connectivity index (χ2n) is 5.31. The van der Waals surface area contributed by atoms with Crippen LogP contribution >= 0.6 is 11.8 Å². The molecule has 0 aromatic heterocycles. The predicted octanol–water partition coefficient (Wildman–Crippen LogP) is 4.07. The van der Waals surface area contributed by atoms with Crippen molar-refractivity contribution in [2.75, 3.05) is 14.2 Å². The summed E-state index contributed by atoms with van der Waals surface area (Å²) in [7, 11) is 3.19. The summed E-state index contributed by atoms with van der Waals surface area (Å²) < 4.78 is 10.6. The van der Waals surface area contributed by atoms with E-state index in [1.807, 2.05) is 43.3 Å². The van der Waals surface area contributed by atoms with Crippen LogP contribution in [0.2, 0.25) is 0 Å². The summed E-state index contributed by atoms with van der Waals surface area (Å²) in [6.45, 7) is 2.03. The maximum absolute atomic E-state index is 12.2. The van der Waals surface area contributed by atoms with Crippen LogP contribution in [0.3, 0.4) is 0 Å². The van der Waals surface area contributed by atoms with Crippen LogP contribution in [0.5, 0.6) is 11.5 Å². The molecule has 0 radical (unpaired) electrons. The summed E-state index contributed by atoms with van der Waals surface area (Å²) in [6, 6.07) is 13.5. The number of thioether (sulfide) groups is 1. The molecule has 122 valence electrons. The van der Waals surface area contributed by atoms with E-state index in [0.717, 1.165) is 16.2 Å². The van der Waals surface area contributed by atoms with Gasteiger partial charge in [0.25, 0.3) is 5.91 Å². The molecule has 4 nitrogen and oxygen atoms in total. The maximum atomic E-state index is 12.2. The van der Waals surface area contributed by atoms with Gasteiger partial charge in [0.15, 0.2) is 0 Å². The van der Waals surface area contributed by atoms with Gasteiger partial charge < -0.3 is 9.47 Å². The van der Waals surface area contributed by atoms with E-state index in [2.05, 4.69) is 4.99 Å². The number of benzene rings is 2. The Bertz CT molecular complexity index is 838. The van der Waals surface area contributed by atoms with Crippen molar-refractivity contribution >= 4 is 28.8 Å². The molecule has 1 heterocycles. The molecule has 24 heavy (non-hydrogen) atoms. The van der Waals surface area contributed by atoms with Gasteiger partial charge in [0.2, 0.25) is 0 Å². The molecule has 0 spiro atoms. The van der Waals surface area contributed by atoms with E-state index >= 15 is 0 Å². The third-order valence-electron chi connectivity index (χ3n) is 3.65. The van der Waals surface area contributed by atoms with E-state index in [-0.39, 0.29) is 5.91 Å². The standard InChI is InChI=1S/C19H17NO3S/c1-12-4-6-13(7-5-12)19-20-18(21)17(24-19)10-14-8-9-15(22-2)11-16(14)23-3/h4-11H,1-3H3/b17-10-. The van der Waals surface area contributed by atoms with Crippen LogP contribution < -0.4 is 9.47 Å². The second-order valence-corrected chi connectivity index (χ2v) is 6.34. The summed E-state index contributed by atoms with van der Waals surface area (Å²) in [4.78, 5) is 16.9. The molecule has 0 N–H and O–H groups in total. The van der Waals surface area contributed by atoms with E-state index in [1.54, 1.807) is 26.4 Å². The van der Waals surface area contributed by atoms with Gasteiger partial charge in [-0.15, -0.1) is 0 Å². The zero-order valence-electron chi connectivity index (χ0n) is 13.7. The number of rotatable bonds is 4. The fourth-order valence-corrected chi connectivity index (χ4v) is 3.22. The van der Waals surface area contributed by atoms with Gasteiger partial charge in [-0.3, -0.25) is 4.79 Å². The Morgan fingerprint density at radius 2 is 1.79 bits per heavy atom. The summed E-state index contributed by atoms with van der Waals surface area (Å²) in [6.07, 6.45) is 1.80. The molecular formula is C19H17NO3S. The van der Waals surface area contributed by atoms with Gasteiger partial charge in [-0.05, 0) is 25.1 Å². The van der Waals surface area contributed by atoms with Crippen molar-refractivity contribution in [3.05, 3.63) is 64.1 Å². The number of hydrogen-bond donors (Lipinski definition) is 0. The van der Waals surface area contributed by atoms with Crippen molar-refractivity contribution in [3.63, 3.8) is 0 Å². The van der Waals surface area contributed by atoms with Crippen molar-refractivity contribution in [1.29, 1.82) is 0 Å². The molecular weight excluding hydrogens is 322 g/mol. The Morgan fingerprint density at radius 3 is 2.46 bits per heavy atom. The van der Waals surface area contributed by atoms with E-state index in [1.165, 1.54) is 17.3 Å². The van der Waals surface area contributed by atoms with E-state index < -0.39 is 0 Å². The van der Waals surface area contributed by atoms with Crippen molar-refractivity contribution in [3.8, 4) is 11.5 Å². The number of aliphatic imine (C=N–C) groups is 1. The molecule has 0 fully saturated rings. The monoisotopic (exact) mass is 339 g/mol. The van der Waals surface area contributed by atoms with E-state index in [4.69, 9.17) is 9.47 Å². The third kappa shape index (κ3) is 3.36. The third-order valence-corrected chi connectivity index (χ3v) is 4.68. The Kier molecular flexibility index (Phi) is 4.71. The number of amides is 1. The average molecular weight is 339 g/mol. The smallest absolute Gasteiger partial charge is 0.284 e. The SMILES string of the molecule is COc1ccc(/C=C2\SC(c3ccc(C)cc3)=NC2=O)c(OC)c1. The highest BCUT2D eigenvalue weighted by atomic mass is 32.2. The molecule has 0 saturated carbocycles. The highest BCUT2D eigenvalue weighted by Gasteiger charge is 2.23. The van der Waals surface area contributed by atoms with E-state index in [9.17, 15) is 4.79 Å². The minimum Gasteiger partial charge on any atom is -0.497 e. The van der Waals surface area contributed by atoms with Gasteiger partial charge in [-0.25, -0.2) is 4.99 Å². The molecule has 2 aromatic rings. The summed E-state index contributed by atoms with van der Waals surface area (Å²) >= 11 is 1.38.